The molecule has 0 atom stereocenters. The van der Waals surface area contributed by atoms with Crippen molar-refractivity contribution in [1.29, 1.82) is 0 Å². The second kappa shape index (κ2) is 7.04. The van der Waals surface area contributed by atoms with Crippen LogP contribution in [0.3, 0.4) is 0 Å². The summed E-state index contributed by atoms with van der Waals surface area (Å²) in [6.07, 6.45) is 0. The van der Waals surface area contributed by atoms with Gasteiger partial charge in [0.05, 0.1) is 13.1 Å². The van der Waals surface area contributed by atoms with Gasteiger partial charge in [0, 0.05) is 30.6 Å². The fourth-order valence-corrected chi connectivity index (χ4v) is 3.23. The highest BCUT2D eigenvalue weighted by Gasteiger charge is 2.24. The molecule has 0 aromatic carbocycles. The molecular formula is C15H23N3O2S. The molecule has 1 aliphatic heterocycles. The van der Waals surface area contributed by atoms with Crippen LogP contribution in [0.4, 0.5) is 0 Å². The Balaban J connectivity index is 1.97. The topological polar surface area (TPSA) is 52.7 Å². The minimum atomic E-state index is -0.0696. The Morgan fingerprint density at radius 2 is 2.29 bits per heavy atom. The first-order valence-corrected chi connectivity index (χ1v) is 8.17. The predicted octanol–water partition coefficient (Wildman–Crippen LogP) is 1.23. The first-order valence-electron chi connectivity index (χ1n) is 7.29. The molecular weight excluding hydrogens is 286 g/mol. The molecule has 1 aromatic rings. The van der Waals surface area contributed by atoms with Crippen LogP contribution >= 0.6 is 11.3 Å². The summed E-state index contributed by atoms with van der Waals surface area (Å²) in [4.78, 5) is 28.9. The lowest BCUT2D eigenvalue weighted by Gasteiger charge is -2.31. The highest BCUT2D eigenvalue weighted by molar-refractivity contribution is 7.10. The van der Waals surface area contributed by atoms with Gasteiger partial charge >= 0.3 is 0 Å². The number of hydrogen-bond donors (Lipinski definition) is 1. The molecule has 2 heterocycles. The SMILES string of the molecule is Cc1ccsc1CN(CC(=O)N1CCNC(=O)C1)C(C)C. The van der Waals surface area contributed by atoms with Gasteiger partial charge in [0.25, 0.3) is 0 Å². The molecule has 0 spiro atoms. The van der Waals surface area contributed by atoms with Crippen LogP contribution in [-0.4, -0.2) is 53.8 Å². The summed E-state index contributed by atoms with van der Waals surface area (Å²) in [5.41, 5.74) is 1.27. The number of carbonyl (C=O) groups excluding carboxylic acids is 2. The van der Waals surface area contributed by atoms with E-state index in [2.05, 4.69) is 42.4 Å². The van der Waals surface area contributed by atoms with Crippen LogP contribution in [0.5, 0.6) is 0 Å². The predicted molar refractivity (Wildman–Crippen MR) is 84.2 cm³/mol. The lowest BCUT2D eigenvalue weighted by atomic mass is 10.2. The van der Waals surface area contributed by atoms with Crippen molar-refractivity contribution in [2.45, 2.75) is 33.4 Å². The van der Waals surface area contributed by atoms with Gasteiger partial charge in [0.2, 0.25) is 11.8 Å². The average Bonchev–Trinajstić information content (AvgIpc) is 2.83. The van der Waals surface area contributed by atoms with Gasteiger partial charge in [0.1, 0.15) is 0 Å². The van der Waals surface area contributed by atoms with Crippen LogP contribution in [-0.2, 0) is 16.1 Å². The van der Waals surface area contributed by atoms with E-state index in [1.54, 1.807) is 16.2 Å². The maximum Gasteiger partial charge on any atom is 0.239 e. The monoisotopic (exact) mass is 309 g/mol. The van der Waals surface area contributed by atoms with Gasteiger partial charge in [-0.1, -0.05) is 0 Å². The smallest absolute Gasteiger partial charge is 0.239 e. The molecule has 1 saturated heterocycles. The Morgan fingerprint density at radius 1 is 1.52 bits per heavy atom. The number of piperazine rings is 1. The Kier molecular flexibility index (Phi) is 5.36. The zero-order valence-corrected chi connectivity index (χ0v) is 13.7. The van der Waals surface area contributed by atoms with Crippen LogP contribution in [0.2, 0.25) is 0 Å². The molecule has 1 N–H and O–H groups in total. The summed E-state index contributed by atoms with van der Waals surface area (Å²) in [5.74, 6) is -0.0347. The lowest BCUT2D eigenvalue weighted by molar-refractivity contribution is -0.139. The van der Waals surface area contributed by atoms with Crippen LogP contribution in [0, 0.1) is 6.92 Å². The third-order valence-corrected chi connectivity index (χ3v) is 4.78. The van der Waals surface area contributed by atoms with Crippen molar-refractivity contribution in [2.24, 2.45) is 0 Å². The second-order valence-electron chi connectivity index (χ2n) is 5.69. The van der Waals surface area contributed by atoms with Gasteiger partial charge in [-0.2, -0.15) is 0 Å². The zero-order chi connectivity index (χ0) is 15.4. The number of carbonyl (C=O) groups is 2. The summed E-state index contributed by atoms with van der Waals surface area (Å²) in [6, 6.07) is 2.39. The molecule has 116 valence electrons. The third-order valence-electron chi connectivity index (χ3n) is 3.77. The number of rotatable bonds is 5. The molecule has 6 heteroatoms. The molecule has 5 nitrogen and oxygen atoms in total. The van der Waals surface area contributed by atoms with E-state index in [1.165, 1.54) is 10.4 Å². The largest absolute Gasteiger partial charge is 0.353 e. The first kappa shape index (κ1) is 16.0. The first-order chi connectivity index (χ1) is 9.97. The van der Waals surface area contributed by atoms with Crippen LogP contribution in [0.1, 0.15) is 24.3 Å². The summed E-state index contributed by atoms with van der Waals surface area (Å²) < 4.78 is 0. The number of aryl methyl sites for hydroxylation is 1. The molecule has 0 radical (unpaired) electrons. The fourth-order valence-electron chi connectivity index (χ4n) is 2.30. The molecule has 2 rings (SSSR count). The van der Waals surface area contributed by atoms with Crippen molar-refractivity contribution in [2.75, 3.05) is 26.2 Å². The van der Waals surface area contributed by atoms with Crippen molar-refractivity contribution in [3.8, 4) is 0 Å². The normalized spacial score (nSPS) is 15.7. The van der Waals surface area contributed by atoms with Gasteiger partial charge in [-0.05, 0) is 37.8 Å². The van der Waals surface area contributed by atoms with E-state index in [0.29, 0.717) is 19.6 Å². The lowest BCUT2D eigenvalue weighted by Crippen LogP contribution is -2.52. The van der Waals surface area contributed by atoms with Crippen molar-refractivity contribution < 1.29 is 9.59 Å². The van der Waals surface area contributed by atoms with Gasteiger partial charge in [-0.25, -0.2) is 0 Å². The van der Waals surface area contributed by atoms with E-state index in [1.807, 2.05) is 0 Å². The summed E-state index contributed by atoms with van der Waals surface area (Å²) in [6.45, 7) is 8.78. The highest BCUT2D eigenvalue weighted by Crippen LogP contribution is 2.19. The van der Waals surface area contributed by atoms with Crippen molar-refractivity contribution in [3.05, 3.63) is 21.9 Å². The third kappa shape index (κ3) is 4.28. The highest BCUT2D eigenvalue weighted by atomic mass is 32.1. The number of amides is 2. The van der Waals surface area contributed by atoms with Crippen molar-refractivity contribution >= 4 is 23.2 Å². The van der Waals surface area contributed by atoms with E-state index in [9.17, 15) is 9.59 Å². The minimum absolute atomic E-state index is 0.0350. The van der Waals surface area contributed by atoms with E-state index in [0.717, 1.165) is 6.54 Å². The molecule has 2 amide bonds. The minimum Gasteiger partial charge on any atom is -0.353 e. The summed E-state index contributed by atoms with van der Waals surface area (Å²) >= 11 is 1.73. The molecule has 0 saturated carbocycles. The fraction of sp³-hybridized carbons (Fsp3) is 0.600. The van der Waals surface area contributed by atoms with E-state index >= 15 is 0 Å². The van der Waals surface area contributed by atoms with Gasteiger partial charge in [-0.15, -0.1) is 11.3 Å². The van der Waals surface area contributed by atoms with E-state index < -0.39 is 0 Å². The van der Waals surface area contributed by atoms with Gasteiger partial charge < -0.3 is 10.2 Å². The number of nitrogens with one attached hydrogen (secondary N) is 1. The molecule has 1 fully saturated rings. The molecule has 21 heavy (non-hydrogen) atoms. The van der Waals surface area contributed by atoms with E-state index in [-0.39, 0.29) is 24.4 Å². The van der Waals surface area contributed by atoms with Crippen molar-refractivity contribution in [1.82, 2.24) is 15.1 Å². The number of thiophene rings is 1. The van der Waals surface area contributed by atoms with Crippen LogP contribution < -0.4 is 5.32 Å². The number of nitrogens with zero attached hydrogens (tertiary/aromatic N) is 2. The average molecular weight is 309 g/mol. The Labute approximate surface area is 129 Å². The number of hydrogen-bond acceptors (Lipinski definition) is 4. The van der Waals surface area contributed by atoms with E-state index in [4.69, 9.17) is 0 Å². The maximum atomic E-state index is 12.4. The quantitative estimate of drug-likeness (QED) is 0.890. The Bertz CT molecular complexity index is 513. The standard InChI is InChI=1S/C15H23N3O2S/c1-11(2)18(8-13-12(3)4-7-21-13)10-15(20)17-6-5-16-14(19)9-17/h4,7,11H,5-6,8-10H2,1-3H3,(H,16,19). The van der Waals surface area contributed by atoms with Gasteiger partial charge in [-0.3, -0.25) is 14.5 Å². The molecule has 0 aliphatic carbocycles. The molecule has 0 bridgehead atoms. The van der Waals surface area contributed by atoms with Crippen LogP contribution in [0.15, 0.2) is 11.4 Å². The van der Waals surface area contributed by atoms with Crippen LogP contribution in [0.25, 0.3) is 0 Å². The zero-order valence-electron chi connectivity index (χ0n) is 12.9. The maximum absolute atomic E-state index is 12.4. The molecule has 1 aromatic heterocycles. The van der Waals surface area contributed by atoms with Gasteiger partial charge in [0.15, 0.2) is 0 Å². The summed E-state index contributed by atoms with van der Waals surface area (Å²) in [7, 11) is 0. The second-order valence-corrected chi connectivity index (χ2v) is 6.69. The Morgan fingerprint density at radius 3 is 2.86 bits per heavy atom. The Hall–Kier alpha value is -1.40. The molecule has 1 aliphatic rings. The molecule has 0 unspecified atom stereocenters. The summed E-state index contributed by atoms with van der Waals surface area (Å²) in [5, 5.41) is 4.83. The van der Waals surface area contributed by atoms with Crippen molar-refractivity contribution in [3.63, 3.8) is 0 Å².